The van der Waals surface area contributed by atoms with Gasteiger partial charge in [-0.3, -0.25) is 0 Å². The van der Waals surface area contributed by atoms with E-state index in [9.17, 15) is 0 Å². The van der Waals surface area contributed by atoms with Crippen molar-refractivity contribution in [2.45, 2.75) is 38.5 Å². The zero-order valence-electron chi connectivity index (χ0n) is 30.4. The molecule has 256 valence electrons. The Balaban J connectivity index is 1.04. The third kappa shape index (κ3) is 3.60. The van der Waals surface area contributed by atoms with Crippen molar-refractivity contribution in [2.24, 2.45) is 0 Å². The Hall–Kier alpha value is -6.66. The standard InChI is InChI=1S/C48H34N6/c1-47(2)35-11-7-5-9-31(35)33-17-19-37-41(43(33)47)45-39(23-49-25-51-45)53(37)29-15-13-28-22-30(16-14-27(28)21-29)54-38-20-18-34-32-10-6-8-12-36(32)48(3,4)44(34)42(38)46-40(54)24-50-26-52-46/h5-26H,1-4H3. The van der Waals surface area contributed by atoms with Crippen molar-refractivity contribution in [3.05, 3.63) is 156 Å². The molecule has 0 amide bonds. The summed E-state index contributed by atoms with van der Waals surface area (Å²) in [5, 5.41) is 4.72. The molecular formula is C48H34N6. The molecule has 6 heteroatoms. The first-order chi connectivity index (χ1) is 26.3. The van der Waals surface area contributed by atoms with E-state index in [1.807, 2.05) is 12.4 Å². The Bertz CT molecular complexity index is 3070. The van der Waals surface area contributed by atoms with Crippen LogP contribution < -0.4 is 0 Å². The number of rotatable bonds is 2. The first-order valence-electron chi connectivity index (χ1n) is 18.6. The molecule has 6 nitrogen and oxygen atoms in total. The third-order valence-electron chi connectivity index (χ3n) is 12.5. The van der Waals surface area contributed by atoms with E-state index in [0.29, 0.717) is 0 Å². The molecule has 0 unspecified atom stereocenters. The highest BCUT2D eigenvalue weighted by molar-refractivity contribution is 6.14. The zero-order chi connectivity index (χ0) is 36.1. The van der Waals surface area contributed by atoms with Crippen molar-refractivity contribution in [2.75, 3.05) is 0 Å². The lowest BCUT2D eigenvalue weighted by Gasteiger charge is -2.22. The summed E-state index contributed by atoms with van der Waals surface area (Å²) in [5.74, 6) is 0. The van der Waals surface area contributed by atoms with Crippen molar-refractivity contribution >= 4 is 54.6 Å². The fourth-order valence-corrected chi connectivity index (χ4v) is 10.2. The van der Waals surface area contributed by atoms with Crippen LogP contribution in [-0.2, 0) is 10.8 Å². The van der Waals surface area contributed by atoms with Gasteiger partial charge in [0.15, 0.2) is 0 Å². The Labute approximate surface area is 311 Å². The summed E-state index contributed by atoms with van der Waals surface area (Å²) in [4.78, 5) is 18.8. The first-order valence-corrected chi connectivity index (χ1v) is 18.6. The fraction of sp³-hybridized carbons (Fsp3) is 0.125. The Morgan fingerprint density at radius 3 is 1.35 bits per heavy atom. The van der Waals surface area contributed by atoms with Crippen LogP contribution in [0.5, 0.6) is 0 Å². The molecule has 0 bridgehead atoms. The summed E-state index contributed by atoms with van der Waals surface area (Å²) >= 11 is 0. The summed E-state index contributed by atoms with van der Waals surface area (Å²) in [7, 11) is 0. The zero-order valence-corrected chi connectivity index (χ0v) is 30.4. The van der Waals surface area contributed by atoms with Gasteiger partial charge in [0.2, 0.25) is 0 Å². The van der Waals surface area contributed by atoms with E-state index in [-0.39, 0.29) is 10.8 Å². The SMILES string of the molecule is CC1(C)c2ccccc2-c2ccc3c(c21)c1ncncc1n3-c1ccc2cc(-n3c4cncnc4c4c5c(ccc43)-c3ccccc3C5(C)C)ccc2c1. The normalized spacial score (nSPS) is 15.0. The van der Waals surface area contributed by atoms with Gasteiger partial charge in [0.25, 0.3) is 0 Å². The Kier molecular flexibility index (Phi) is 5.56. The molecule has 0 N–H and O–H groups in total. The number of hydrogen-bond acceptors (Lipinski definition) is 4. The van der Waals surface area contributed by atoms with Crippen molar-refractivity contribution in [1.82, 2.24) is 29.1 Å². The maximum Gasteiger partial charge on any atom is 0.116 e. The van der Waals surface area contributed by atoms with Crippen LogP contribution in [0, 0.1) is 0 Å². The van der Waals surface area contributed by atoms with Crippen LogP contribution in [-0.4, -0.2) is 29.1 Å². The van der Waals surface area contributed by atoms with Gasteiger partial charge in [-0.1, -0.05) is 100 Å². The molecule has 10 aromatic rings. The number of fused-ring (bicyclic) bond motifs is 15. The summed E-state index contributed by atoms with van der Waals surface area (Å²) in [6.07, 6.45) is 7.27. The van der Waals surface area contributed by atoms with Gasteiger partial charge in [0.1, 0.15) is 23.7 Å². The lowest BCUT2D eigenvalue weighted by atomic mass is 9.81. The monoisotopic (exact) mass is 694 g/mol. The predicted molar refractivity (Wildman–Crippen MR) is 219 cm³/mol. The van der Waals surface area contributed by atoms with Gasteiger partial charge >= 0.3 is 0 Å². The highest BCUT2D eigenvalue weighted by atomic mass is 15.0. The van der Waals surface area contributed by atoms with Crippen molar-refractivity contribution < 1.29 is 0 Å². The van der Waals surface area contributed by atoms with Gasteiger partial charge in [-0.15, -0.1) is 0 Å². The largest absolute Gasteiger partial charge is 0.306 e. The summed E-state index contributed by atoms with van der Waals surface area (Å²) < 4.78 is 4.67. The molecule has 0 fully saturated rings. The number of nitrogens with zero attached hydrogens (tertiary/aromatic N) is 6. The first kappa shape index (κ1) is 29.9. The maximum absolute atomic E-state index is 4.91. The Morgan fingerprint density at radius 2 is 0.889 bits per heavy atom. The van der Waals surface area contributed by atoms with E-state index < -0.39 is 0 Å². The molecule has 0 saturated carbocycles. The minimum absolute atomic E-state index is 0.160. The van der Waals surface area contributed by atoms with Crippen LogP contribution in [0.1, 0.15) is 49.9 Å². The van der Waals surface area contributed by atoms with E-state index >= 15 is 0 Å². The Morgan fingerprint density at radius 1 is 0.444 bits per heavy atom. The summed E-state index contributed by atoms with van der Waals surface area (Å²) in [5.41, 5.74) is 18.7. The van der Waals surface area contributed by atoms with Gasteiger partial charge < -0.3 is 9.13 Å². The fourth-order valence-electron chi connectivity index (χ4n) is 10.2. The second-order valence-corrected chi connectivity index (χ2v) is 16.0. The maximum atomic E-state index is 4.91. The molecule has 0 aliphatic heterocycles. The van der Waals surface area contributed by atoms with Crippen LogP contribution in [0.3, 0.4) is 0 Å². The molecule has 0 saturated heterocycles. The van der Waals surface area contributed by atoms with E-state index in [1.165, 1.54) is 55.3 Å². The molecule has 4 aromatic heterocycles. The average molecular weight is 695 g/mol. The molecule has 0 spiro atoms. The minimum Gasteiger partial charge on any atom is -0.306 e. The lowest BCUT2D eigenvalue weighted by Crippen LogP contribution is -2.15. The minimum atomic E-state index is -0.160. The average Bonchev–Trinajstić information content (AvgIpc) is 3.86. The quantitative estimate of drug-likeness (QED) is 0.181. The van der Waals surface area contributed by atoms with Gasteiger partial charge in [-0.25, -0.2) is 19.9 Å². The van der Waals surface area contributed by atoms with Crippen LogP contribution in [0.15, 0.2) is 134 Å². The number of hydrogen-bond donors (Lipinski definition) is 0. The van der Waals surface area contributed by atoms with E-state index in [1.54, 1.807) is 12.7 Å². The molecule has 12 rings (SSSR count). The highest BCUT2D eigenvalue weighted by Crippen LogP contribution is 2.54. The van der Waals surface area contributed by atoms with Gasteiger partial charge in [-0.05, 0) is 91.7 Å². The van der Waals surface area contributed by atoms with E-state index in [4.69, 9.17) is 9.97 Å². The van der Waals surface area contributed by atoms with E-state index in [2.05, 4.69) is 156 Å². The molecule has 6 aromatic carbocycles. The lowest BCUT2D eigenvalue weighted by molar-refractivity contribution is 0.666. The molecule has 2 aliphatic rings. The van der Waals surface area contributed by atoms with Crippen molar-refractivity contribution in [3.8, 4) is 33.6 Å². The topological polar surface area (TPSA) is 61.4 Å². The molecule has 0 atom stereocenters. The summed E-state index contributed by atoms with van der Waals surface area (Å²) in [6, 6.07) is 40.3. The second kappa shape index (κ2) is 10.1. The third-order valence-corrected chi connectivity index (χ3v) is 12.5. The van der Waals surface area contributed by atoms with Gasteiger partial charge in [0.05, 0.1) is 34.5 Å². The highest BCUT2D eigenvalue weighted by Gasteiger charge is 2.39. The summed E-state index contributed by atoms with van der Waals surface area (Å²) in [6.45, 7) is 9.36. The van der Waals surface area contributed by atoms with E-state index in [0.717, 1.165) is 55.2 Å². The molecule has 4 heterocycles. The molecule has 0 radical (unpaired) electrons. The molecule has 54 heavy (non-hydrogen) atoms. The van der Waals surface area contributed by atoms with Crippen LogP contribution >= 0.6 is 0 Å². The van der Waals surface area contributed by atoms with Crippen molar-refractivity contribution in [3.63, 3.8) is 0 Å². The number of benzene rings is 6. The van der Waals surface area contributed by atoms with Gasteiger partial charge in [-0.2, -0.15) is 0 Å². The van der Waals surface area contributed by atoms with Crippen molar-refractivity contribution in [1.29, 1.82) is 0 Å². The molecular weight excluding hydrogens is 661 g/mol. The molecule has 2 aliphatic carbocycles. The van der Waals surface area contributed by atoms with Gasteiger partial charge in [0, 0.05) is 33.0 Å². The number of aromatic nitrogens is 6. The second-order valence-electron chi connectivity index (χ2n) is 16.0. The predicted octanol–water partition coefficient (Wildman–Crippen LogP) is 11.2. The smallest absolute Gasteiger partial charge is 0.116 e. The van der Waals surface area contributed by atoms with Crippen LogP contribution in [0.2, 0.25) is 0 Å². The van der Waals surface area contributed by atoms with Crippen LogP contribution in [0.25, 0.3) is 88.3 Å². The van der Waals surface area contributed by atoms with Crippen LogP contribution in [0.4, 0.5) is 0 Å².